The molecule has 0 bridgehead atoms. The highest BCUT2D eigenvalue weighted by Gasteiger charge is 2.10. The number of nitrogens with zero attached hydrogens (tertiary/aromatic N) is 1. The monoisotopic (exact) mass is 312 g/mol. The second-order valence-corrected chi connectivity index (χ2v) is 4.89. The molecular formula is C15H21FN2O4. The average Bonchev–Trinajstić information content (AvgIpc) is 2.54. The molecule has 1 heterocycles. The number of hydrogen-bond acceptors (Lipinski definition) is 5. The van der Waals surface area contributed by atoms with Gasteiger partial charge in [-0.05, 0) is 12.1 Å². The summed E-state index contributed by atoms with van der Waals surface area (Å²) in [6, 6.07) is 4.21. The van der Waals surface area contributed by atoms with Crippen LogP contribution >= 0.6 is 0 Å². The molecule has 0 spiro atoms. The maximum Gasteiger partial charge on any atom is 0.257 e. The zero-order valence-corrected chi connectivity index (χ0v) is 12.6. The van der Waals surface area contributed by atoms with E-state index < -0.39 is 5.82 Å². The van der Waals surface area contributed by atoms with Gasteiger partial charge in [0, 0.05) is 32.2 Å². The molecule has 122 valence electrons. The van der Waals surface area contributed by atoms with Crippen molar-refractivity contribution in [1.82, 2.24) is 10.2 Å². The summed E-state index contributed by atoms with van der Waals surface area (Å²) in [5.41, 5.74) is 0. The average molecular weight is 312 g/mol. The van der Waals surface area contributed by atoms with Crippen LogP contribution in [0.2, 0.25) is 0 Å². The predicted octanol–water partition coefficient (Wildman–Crippen LogP) is 0.662. The van der Waals surface area contributed by atoms with E-state index in [1.165, 1.54) is 19.2 Å². The Morgan fingerprint density at radius 3 is 2.86 bits per heavy atom. The molecule has 2 rings (SSSR count). The third kappa shape index (κ3) is 5.16. The lowest BCUT2D eigenvalue weighted by molar-refractivity contribution is -0.123. The summed E-state index contributed by atoms with van der Waals surface area (Å²) in [4.78, 5) is 13.9. The topological polar surface area (TPSA) is 60.0 Å². The van der Waals surface area contributed by atoms with E-state index in [2.05, 4.69) is 10.2 Å². The zero-order chi connectivity index (χ0) is 15.8. The lowest BCUT2D eigenvalue weighted by Gasteiger charge is -2.26. The van der Waals surface area contributed by atoms with Crippen molar-refractivity contribution in [3.8, 4) is 11.5 Å². The first-order valence-corrected chi connectivity index (χ1v) is 7.22. The molecule has 1 N–H and O–H groups in total. The molecule has 0 atom stereocenters. The molecule has 7 heteroatoms. The lowest BCUT2D eigenvalue weighted by atomic mass is 10.3. The molecule has 1 saturated heterocycles. The largest absolute Gasteiger partial charge is 0.494 e. The van der Waals surface area contributed by atoms with E-state index >= 15 is 0 Å². The quantitative estimate of drug-likeness (QED) is 0.801. The SMILES string of the molecule is COc1ccc(OCC(=O)NCCN2CCOCC2)cc1F. The molecule has 1 aromatic carbocycles. The van der Waals surface area contributed by atoms with Gasteiger partial charge in [0.05, 0.1) is 20.3 Å². The highest BCUT2D eigenvalue weighted by molar-refractivity contribution is 5.77. The summed E-state index contributed by atoms with van der Waals surface area (Å²) in [6.07, 6.45) is 0. The normalized spacial score (nSPS) is 15.4. The standard InChI is InChI=1S/C15H21FN2O4/c1-20-14-3-2-12(10-13(14)16)22-11-15(19)17-4-5-18-6-8-21-9-7-18/h2-3,10H,4-9,11H2,1H3,(H,17,19). The Morgan fingerprint density at radius 1 is 1.41 bits per heavy atom. The molecule has 0 saturated carbocycles. The summed E-state index contributed by atoms with van der Waals surface area (Å²) >= 11 is 0. The number of nitrogens with one attached hydrogen (secondary N) is 1. The van der Waals surface area contributed by atoms with Crippen molar-refractivity contribution in [3.63, 3.8) is 0 Å². The summed E-state index contributed by atoms with van der Waals surface area (Å²) in [5, 5.41) is 2.77. The highest BCUT2D eigenvalue weighted by Crippen LogP contribution is 2.21. The van der Waals surface area contributed by atoms with E-state index in [-0.39, 0.29) is 18.3 Å². The molecule has 1 aromatic rings. The van der Waals surface area contributed by atoms with E-state index in [0.717, 1.165) is 32.8 Å². The van der Waals surface area contributed by atoms with Crippen LogP contribution in [-0.2, 0) is 9.53 Å². The van der Waals surface area contributed by atoms with Crippen LogP contribution in [0.25, 0.3) is 0 Å². The third-order valence-corrected chi connectivity index (χ3v) is 3.35. The van der Waals surface area contributed by atoms with Gasteiger partial charge < -0.3 is 19.5 Å². The molecule has 1 aliphatic rings. The third-order valence-electron chi connectivity index (χ3n) is 3.35. The number of hydrogen-bond donors (Lipinski definition) is 1. The van der Waals surface area contributed by atoms with Crippen molar-refractivity contribution < 1.29 is 23.4 Å². The predicted molar refractivity (Wildman–Crippen MR) is 78.7 cm³/mol. The van der Waals surface area contributed by atoms with E-state index in [4.69, 9.17) is 14.2 Å². The van der Waals surface area contributed by atoms with E-state index in [9.17, 15) is 9.18 Å². The van der Waals surface area contributed by atoms with Gasteiger partial charge in [-0.15, -0.1) is 0 Å². The van der Waals surface area contributed by atoms with E-state index in [1.54, 1.807) is 6.07 Å². The van der Waals surface area contributed by atoms with Crippen LogP contribution in [-0.4, -0.2) is 63.9 Å². The van der Waals surface area contributed by atoms with Gasteiger partial charge >= 0.3 is 0 Å². The molecule has 1 fully saturated rings. The highest BCUT2D eigenvalue weighted by atomic mass is 19.1. The second-order valence-electron chi connectivity index (χ2n) is 4.89. The Morgan fingerprint density at radius 2 is 2.18 bits per heavy atom. The number of rotatable bonds is 7. The van der Waals surface area contributed by atoms with Gasteiger partial charge in [0.25, 0.3) is 5.91 Å². The molecule has 0 aliphatic carbocycles. The number of ether oxygens (including phenoxy) is 3. The van der Waals surface area contributed by atoms with Gasteiger partial charge in [-0.25, -0.2) is 4.39 Å². The smallest absolute Gasteiger partial charge is 0.257 e. The van der Waals surface area contributed by atoms with Crippen molar-refractivity contribution in [2.24, 2.45) is 0 Å². The second kappa shape index (κ2) is 8.55. The number of halogens is 1. The molecule has 22 heavy (non-hydrogen) atoms. The minimum atomic E-state index is -0.521. The number of morpholine rings is 1. The minimum Gasteiger partial charge on any atom is -0.494 e. The molecule has 0 unspecified atom stereocenters. The van der Waals surface area contributed by atoms with Crippen molar-refractivity contribution in [1.29, 1.82) is 0 Å². The zero-order valence-electron chi connectivity index (χ0n) is 12.6. The van der Waals surface area contributed by atoms with Crippen molar-refractivity contribution in [2.75, 3.05) is 53.1 Å². The lowest BCUT2D eigenvalue weighted by Crippen LogP contribution is -2.42. The fraction of sp³-hybridized carbons (Fsp3) is 0.533. The number of methoxy groups -OCH3 is 1. The Kier molecular flexibility index (Phi) is 6.42. The van der Waals surface area contributed by atoms with Gasteiger partial charge in [-0.3, -0.25) is 9.69 Å². The number of carbonyl (C=O) groups excluding carboxylic acids is 1. The first-order chi connectivity index (χ1) is 10.7. The van der Waals surface area contributed by atoms with Gasteiger partial charge in [-0.2, -0.15) is 0 Å². The molecular weight excluding hydrogens is 291 g/mol. The van der Waals surface area contributed by atoms with Gasteiger partial charge in [0.1, 0.15) is 5.75 Å². The van der Waals surface area contributed by atoms with Crippen LogP contribution < -0.4 is 14.8 Å². The van der Waals surface area contributed by atoms with E-state index in [1.807, 2.05) is 0 Å². The van der Waals surface area contributed by atoms with E-state index in [0.29, 0.717) is 12.3 Å². The molecule has 0 radical (unpaired) electrons. The fourth-order valence-electron chi connectivity index (χ4n) is 2.12. The molecule has 1 aliphatic heterocycles. The van der Waals surface area contributed by atoms with Crippen LogP contribution in [0.3, 0.4) is 0 Å². The molecule has 0 aromatic heterocycles. The Bertz CT molecular complexity index is 492. The van der Waals surface area contributed by atoms with Crippen molar-refractivity contribution in [3.05, 3.63) is 24.0 Å². The maximum atomic E-state index is 13.5. The summed E-state index contributed by atoms with van der Waals surface area (Å²) in [6.45, 7) is 4.44. The Hall–Kier alpha value is -1.86. The summed E-state index contributed by atoms with van der Waals surface area (Å²) in [7, 11) is 1.39. The minimum absolute atomic E-state index is 0.141. The fourth-order valence-corrected chi connectivity index (χ4v) is 2.12. The summed E-state index contributed by atoms with van der Waals surface area (Å²) in [5.74, 6) is -0.318. The first kappa shape index (κ1) is 16.5. The van der Waals surface area contributed by atoms with Gasteiger partial charge in [-0.1, -0.05) is 0 Å². The Labute approximate surface area is 129 Å². The number of carbonyl (C=O) groups is 1. The van der Waals surface area contributed by atoms with Gasteiger partial charge in [0.2, 0.25) is 0 Å². The number of amides is 1. The van der Waals surface area contributed by atoms with Crippen molar-refractivity contribution >= 4 is 5.91 Å². The first-order valence-electron chi connectivity index (χ1n) is 7.22. The van der Waals surface area contributed by atoms with Gasteiger partial charge in [0.15, 0.2) is 18.2 Å². The van der Waals surface area contributed by atoms with Crippen LogP contribution in [0.4, 0.5) is 4.39 Å². The van der Waals surface area contributed by atoms with Crippen LogP contribution in [0.5, 0.6) is 11.5 Å². The number of benzene rings is 1. The Balaban J connectivity index is 1.65. The maximum absolute atomic E-state index is 13.5. The van der Waals surface area contributed by atoms with Crippen molar-refractivity contribution in [2.45, 2.75) is 0 Å². The summed E-state index contributed by atoms with van der Waals surface area (Å²) < 4.78 is 28.8. The molecule has 1 amide bonds. The molecule has 6 nitrogen and oxygen atoms in total. The van der Waals surface area contributed by atoms with Crippen LogP contribution in [0, 0.1) is 5.82 Å². The van der Waals surface area contributed by atoms with Crippen LogP contribution in [0.1, 0.15) is 0 Å². The van der Waals surface area contributed by atoms with Crippen LogP contribution in [0.15, 0.2) is 18.2 Å².